The van der Waals surface area contributed by atoms with Crippen molar-refractivity contribution in [3.8, 4) is 0 Å². The van der Waals surface area contributed by atoms with Gasteiger partial charge in [0.25, 0.3) is 0 Å². The summed E-state index contributed by atoms with van der Waals surface area (Å²) in [5.41, 5.74) is 8.72. The molecule has 0 fully saturated rings. The van der Waals surface area contributed by atoms with Crippen molar-refractivity contribution in [3.05, 3.63) is 59.9 Å². The van der Waals surface area contributed by atoms with Crippen molar-refractivity contribution in [2.45, 2.75) is 33.4 Å². The molecule has 6 heteroatoms. The van der Waals surface area contributed by atoms with Crippen LogP contribution in [0.25, 0.3) is 11.0 Å². The van der Waals surface area contributed by atoms with Crippen LogP contribution in [-0.4, -0.2) is 22.5 Å². The molecule has 0 radical (unpaired) electrons. The molecule has 0 spiro atoms. The Morgan fingerprint density at radius 3 is 2.67 bits per heavy atom. The number of carbonyl (C=O) groups is 1. The number of nitrogens with two attached hydrogens (primary N) is 1. The van der Waals surface area contributed by atoms with E-state index < -0.39 is 5.41 Å². The molecular formula is C21H26N4O2. The topological polar surface area (TPSA) is 93.0 Å². The molecule has 3 aromatic rings. The minimum absolute atomic E-state index is 0.0595. The molecular weight excluding hydrogens is 340 g/mol. The number of hydrogen-bond acceptors (Lipinski definition) is 4. The van der Waals surface area contributed by atoms with Crippen molar-refractivity contribution in [3.63, 3.8) is 0 Å². The van der Waals surface area contributed by atoms with Gasteiger partial charge in [-0.15, -0.1) is 0 Å². The van der Waals surface area contributed by atoms with Crippen molar-refractivity contribution in [2.24, 2.45) is 5.41 Å². The van der Waals surface area contributed by atoms with Crippen LogP contribution in [0.1, 0.15) is 38.2 Å². The summed E-state index contributed by atoms with van der Waals surface area (Å²) in [6, 6.07) is 15.0. The zero-order valence-corrected chi connectivity index (χ0v) is 16.0. The van der Waals surface area contributed by atoms with Crippen LogP contribution in [-0.2, 0) is 16.1 Å². The van der Waals surface area contributed by atoms with Crippen LogP contribution in [0.5, 0.6) is 0 Å². The van der Waals surface area contributed by atoms with Gasteiger partial charge < -0.3 is 20.8 Å². The number of imidazole rings is 1. The van der Waals surface area contributed by atoms with E-state index in [1.54, 1.807) is 0 Å². The van der Waals surface area contributed by atoms with Crippen molar-refractivity contribution in [1.29, 1.82) is 0 Å². The van der Waals surface area contributed by atoms with Crippen LogP contribution >= 0.6 is 0 Å². The Morgan fingerprint density at radius 2 is 1.96 bits per heavy atom. The first-order valence-corrected chi connectivity index (χ1v) is 9.01. The zero-order chi connectivity index (χ0) is 19.4. The predicted octanol–water partition coefficient (Wildman–Crippen LogP) is 3.57. The number of amides is 1. The lowest BCUT2D eigenvalue weighted by Gasteiger charge is -2.23. The minimum Gasteiger partial charge on any atom is -0.399 e. The highest BCUT2D eigenvalue weighted by atomic mass is 16.5. The second-order valence-electron chi connectivity index (χ2n) is 7.68. The number of aromatic amines is 1. The first-order valence-electron chi connectivity index (χ1n) is 9.01. The Kier molecular flexibility index (Phi) is 5.46. The molecule has 2 aromatic carbocycles. The number of nitrogens with one attached hydrogen (secondary N) is 2. The fraction of sp³-hybridized carbons (Fsp3) is 0.333. The van der Waals surface area contributed by atoms with Gasteiger partial charge >= 0.3 is 0 Å². The molecule has 1 atom stereocenters. The number of hydrogen-bond donors (Lipinski definition) is 3. The lowest BCUT2D eigenvalue weighted by atomic mass is 9.95. The summed E-state index contributed by atoms with van der Waals surface area (Å²) in [5, 5.41) is 3.05. The molecule has 1 amide bonds. The van der Waals surface area contributed by atoms with Gasteiger partial charge in [-0.2, -0.15) is 0 Å². The highest BCUT2D eigenvalue weighted by Gasteiger charge is 2.26. The largest absolute Gasteiger partial charge is 0.399 e. The average Bonchev–Trinajstić information content (AvgIpc) is 3.03. The molecule has 3 rings (SSSR count). The number of benzene rings is 2. The molecule has 0 aliphatic rings. The fourth-order valence-electron chi connectivity index (χ4n) is 2.64. The number of aromatic nitrogens is 2. The molecule has 6 nitrogen and oxygen atoms in total. The monoisotopic (exact) mass is 366 g/mol. The van der Waals surface area contributed by atoms with Crippen LogP contribution < -0.4 is 11.1 Å². The summed E-state index contributed by atoms with van der Waals surface area (Å²) >= 11 is 0. The number of H-pyrrole nitrogens is 1. The van der Waals surface area contributed by atoms with E-state index in [0.29, 0.717) is 24.7 Å². The maximum Gasteiger partial charge on any atom is 0.226 e. The molecule has 1 heterocycles. The Hall–Kier alpha value is -2.86. The standard InChI is InChI=1S/C21H26N4O2/c1-21(2,3)20(26)25-18(13-27-12-14-7-5-4-6-8-14)19-23-16-10-9-15(22)11-17(16)24-19/h4-11,18H,12-13,22H2,1-3H3,(H,23,24)(H,25,26)/t18-/m1/s1. The van der Waals surface area contributed by atoms with E-state index in [9.17, 15) is 4.79 Å². The van der Waals surface area contributed by atoms with Crippen LogP contribution in [0.15, 0.2) is 48.5 Å². The van der Waals surface area contributed by atoms with Crippen LogP contribution in [0.3, 0.4) is 0 Å². The number of rotatable bonds is 6. The van der Waals surface area contributed by atoms with Gasteiger partial charge in [-0.05, 0) is 23.8 Å². The second kappa shape index (κ2) is 7.80. The number of nitrogen functional groups attached to an aromatic ring is 1. The molecule has 0 saturated heterocycles. The normalized spacial score (nSPS) is 12.9. The van der Waals surface area contributed by atoms with Crippen LogP contribution in [0.2, 0.25) is 0 Å². The predicted molar refractivity (Wildman–Crippen MR) is 107 cm³/mol. The minimum atomic E-state index is -0.506. The van der Waals surface area contributed by atoms with E-state index in [0.717, 1.165) is 16.6 Å². The van der Waals surface area contributed by atoms with E-state index in [1.807, 2.05) is 69.3 Å². The molecule has 27 heavy (non-hydrogen) atoms. The average molecular weight is 366 g/mol. The highest BCUT2D eigenvalue weighted by Crippen LogP contribution is 2.21. The van der Waals surface area contributed by atoms with Gasteiger partial charge in [-0.1, -0.05) is 51.1 Å². The lowest BCUT2D eigenvalue weighted by Crippen LogP contribution is -2.39. The summed E-state index contributed by atoms with van der Waals surface area (Å²) in [7, 11) is 0. The van der Waals surface area contributed by atoms with E-state index in [2.05, 4.69) is 15.3 Å². The molecule has 0 saturated carbocycles. The Balaban J connectivity index is 1.78. The number of fused-ring (bicyclic) bond motifs is 1. The first kappa shape index (κ1) is 18.9. The Labute approximate surface area is 159 Å². The lowest BCUT2D eigenvalue weighted by molar-refractivity contribution is -0.129. The van der Waals surface area contributed by atoms with Crippen molar-refractivity contribution in [2.75, 3.05) is 12.3 Å². The third-order valence-electron chi connectivity index (χ3n) is 4.24. The van der Waals surface area contributed by atoms with E-state index in [-0.39, 0.29) is 11.9 Å². The van der Waals surface area contributed by atoms with Gasteiger partial charge in [-0.25, -0.2) is 4.98 Å². The van der Waals surface area contributed by atoms with Gasteiger partial charge in [0, 0.05) is 11.1 Å². The maximum atomic E-state index is 12.5. The summed E-state index contributed by atoms with van der Waals surface area (Å²) in [6.07, 6.45) is 0. The van der Waals surface area contributed by atoms with Gasteiger partial charge in [0.2, 0.25) is 5.91 Å². The third-order valence-corrected chi connectivity index (χ3v) is 4.24. The summed E-state index contributed by atoms with van der Waals surface area (Å²) < 4.78 is 5.87. The van der Waals surface area contributed by atoms with E-state index >= 15 is 0 Å². The Bertz CT molecular complexity index is 913. The molecule has 0 aliphatic carbocycles. The number of anilines is 1. The van der Waals surface area contributed by atoms with Gasteiger partial charge in [-0.3, -0.25) is 4.79 Å². The van der Waals surface area contributed by atoms with E-state index in [1.165, 1.54) is 0 Å². The molecule has 1 aromatic heterocycles. The van der Waals surface area contributed by atoms with Gasteiger partial charge in [0.05, 0.1) is 24.2 Å². The summed E-state index contributed by atoms with van der Waals surface area (Å²) in [4.78, 5) is 20.4. The molecule has 0 aliphatic heterocycles. The van der Waals surface area contributed by atoms with E-state index in [4.69, 9.17) is 10.5 Å². The second-order valence-corrected chi connectivity index (χ2v) is 7.68. The Morgan fingerprint density at radius 1 is 1.22 bits per heavy atom. The molecule has 4 N–H and O–H groups in total. The third kappa shape index (κ3) is 4.86. The first-order chi connectivity index (χ1) is 12.8. The SMILES string of the molecule is CC(C)(C)C(=O)N[C@H](COCc1ccccc1)c1nc2ccc(N)cc2[nH]1. The molecule has 0 bridgehead atoms. The molecule has 0 unspecified atom stereocenters. The fourth-order valence-corrected chi connectivity index (χ4v) is 2.64. The van der Waals surface area contributed by atoms with Crippen molar-refractivity contribution >= 4 is 22.6 Å². The van der Waals surface area contributed by atoms with Crippen molar-refractivity contribution in [1.82, 2.24) is 15.3 Å². The molecule has 142 valence electrons. The highest BCUT2D eigenvalue weighted by molar-refractivity contribution is 5.82. The smallest absolute Gasteiger partial charge is 0.226 e. The summed E-state index contributed by atoms with van der Waals surface area (Å²) in [5.74, 6) is 0.594. The zero-order valence-electron chi connectivity index (χ0n) is 16.0. The number of carbonyl (C=O) groups excluding carboxylic acids is 1. The van der Waals surface area contributed by atoms with Gasteiger partial charge in [0.15, 0.2) is 0 Å². The maximum absolute atomic E-state index is 12.5. The van der Waals surface area contributed by atoms with Gasteiger partial charge in [0.1, 0.15) is 11.9 Å². The van der Waals surface area contributed by atoms with Crippen LogP contribution in [0.4, 0.5) is 5.69 Å². The van der Waals surface area contributed by atoms with Crippen LogP contribution in [0, 0.1) is 5.41 Å². The number of nitrogens with zero attached hydrogens (tertiary/aromatic N) is 1. The van der Waals surface area contributed by atoms with Crippen molar-refractivity contribution < 1.29 is 9.53 Å². The quantitative estimate of drug-likeness (QED) is 0.582. The number of ether oxygens (including phenoxy) is 1. The summed E-state index contributed by atoms with van der Waals surface area (Å²) in [6.45, 7) is 6.42.